The van der Waals surface area contributed by atoms with Gasteiger partial charge in [-0.2, -0.15) is 0 Å². The molecule has 0 fully saturated rings. The SMILES string of the molecule is C=CCn1c(Cc2ccc(Br)cc2)nnc1[S@@](=O)CC(=O)Nc1cccc(Cl)c1. The minimum Gasteiger partial charge on any atom is -0.325 e. The molecule has 0 saturated carbocycles. The molecule has 1 N–H and O–H groups in total. The Hall–Kier alpha value is -2.29. The molecule has 0 aliphatic rings. The van der Waals surface area contributed by atoms with Gasteiger partial charge in [0, 0.05) is 28.1 Å². The van der Waals surface area contributed by atoms with Crippen LogP contribution < -0.4 is 5.32 Å². The zero-order valence-electron chi connectivity index (χ0n) is 15.3. The zero-order chi connectivity index (χ0) is 20.8. The van der Waals surface area contributed by atoms with Gasteiger partial charge < -0.3 is 5.32 Å². The Morgan fingerprint density at radius 2 is 2.00 bits per heavy atom. The van der Waals surface area contributed by atoms with Crippen molar-refractivity contribution >= 4 is 49.9 Å². The van der Waals surface area contributed by atoms with E-state index in [2.05, 4.69) is 38.0 Å². The summed E-state index contributed by atoms with van der Waals surface area (Å²) in [7, 11) is -1.66. The Balaban J connectivity index is 1.74. The summed E-state index contributed by atoms with van der Waals surface area (Å²) in [4.78, 5) is 12.3. The van der Waals surface area contributed by atoms with E-state index in [1.807, 2.05) is 24.3 Å². The van der Waals surface area contributed by atoms with Crippen molar-refractivity contribution in [2.24, 2.45) is 0 Å². The second kappa shape index (κ2) is 9.96. The first-order valence-corrected chi connectivity index (χ1v) is 11.2. The number of hydrogen-bond donors (Lipinski definition) is 1. The van der Waals surface area contributed by atoms with Crippen molar-refractivity contribution in [3.8, 4) is 0 Å². The van der Waals surface area contributed by atoms with Gasteiger partial charge in [-0.15, -0.1) is 16.8 Å². The predicted octanol–water partition coefficient (Wildman–Crippen LogP) is 4.22. The lowest BCUT2D eigenvalue weighted by atomic mass is 10.1. The van der Waals surface area contributed by atoms with Crippen LogP contribution in [0.3, 0.4) is 0 Å². The van der Waals surface area contributed by atoms with E-state index in [1.165, 1.54) is 0 Å². The molecule has 6 nitrogen and oxygen atoms in total. The van der Waals surface area contributed by atoms with Crippen LogP contribution in [0, 0.1) is 0 Å². The van der Waals surface area contributed by atoms with E-state index in [0.29, 0.717) is 29.5 Å². The fourth-order valence-corrected chi connectivity index (χ4v) is 4.11. The second-order valence-electron chi connectivity index (χ2n) is 6.15. The number of anilines is 1. The van der Waals surface area contributed by atoms with Crippen LogP contribution in [0.15, 0.2) is 70.8 Å². The molecule has 0 aliphatic heterocycles. The van der Waals surface area contributed by atoms with E-state index in [-0.39, 0.29) is 10.9 Å². The van der Waals surface area contributed by atoms with Gasteiger partial charge in [-0.25, -0.2) is 0 Å². The smallest absolute Gasteiger partial charge is 0.237 e. The first kappa shape index (κ1) is 21.4. The second-order valence-corrected chi connectivity index (χ2v) is 8.85. The van der Waals surface area contributed by atoms with Gasteiger partial charge in [-0.3, -0.25) is 13.6 Å². The molecule has 0 bridgehead atoms. The van der Waals surface area contributed by atoms with Gasteiger partial charge in [0.15, 0.2) is 0 Å². The van der Waals surface area contributed by atoms with E-state index < -0.39 is 16.7 Å². The van der Waals surface area contributed by atoms with Crippen molar-refractivity contribution in [1.29, 1.82) is 0 Å². The summed E-state index contributed by atoms with van der Waals surface area (Å²) in [6.45, 7) is 4.15. The van der Waals surface area contributed by atoms with Crippen molar-refractivity contribution in [1.82, 2.24) is 14.8 Å². The molecule has 1 atom stereocenters. The summed E-state index contributed by atoms with van der Waals surface area (Å²) in [6, 6.07) is 14.6. The van der Waals surface area contributed by atoms with Crippen LogP contribution in [0.5, 0.6) is 0 Å². The molecule has 0 spiro atoms. The first-order chi connectivity index (χ1) is 14.0. The van der Waals surface area contributed by atoms with Crippen LogP contribution in [-0.2, 0) is 28.6 Å². The van der Waals surface area contributed by atoms with Crippen molar-refractivity contribution < 1.29 is 9.00 Å². The highest BCUT2D eigenvalue weighted by Gasteiger charge is 2.20. The van der Waals surface area contributed by atoms with Gasteiger partial charge in [0.1, 0.15) is 22.4 Å². The molecule has 0 aliphatic carbocycles. The average molecular weight is 494 g/mol. The third-order valence-corrected chi connectivity index (χ3v) is 5.95. The third-order valence-electron chi connectivity index (χ3n) is 3.95. The molecule has 0 saturated heterocycles. The number of aromatic nitrogens is 3. The van der Waals surface area contributed by atoms with Gasteiger partial charge in [-0.05, 0) is 35.9 Å². The molecule has 3 aromatic rings. The van der Waals surface area contributed by atoms with Crippen LogP contribution in [0.25, 0.3) is 0 Å². The summed E-state index contributed by atoms with van der Waals surface area (Å²) < 4.78 is 15.5. The fourth-order valence-electron chi connectivity index (χ4n) is 2.66. The van der Waals surface area contributed by atoms with Crippen molar-refractivity contribution in [3.63, 3.8) is 0 Å². The molecule has 29 heavy (non-hydrogen) atoms. The fraction of sp³-hybridized carbons (Fsp3) is 0.150. The van der Waals surface area contributed by atoms with E-state index in [1.54, 1.807) is 34.9 Å². The van der Waals surface area contributed by atoms with Crippen LogP contribution in [0.4, 0.5) is 5.69 Å². The number of nitrogens with zero attached hydrogens (tertiary/aromatic N) is 3. The Morgan fingerprint density at radius 1 is 1.24 bits per heavy atom. The molecule has 0 radical (unpaired) electrons. The minimum atomic E-state index is -1.66. The summed E-state index contributed by atoms with van der Waals surface area (Å²) in [5.74, 6) is 0.0270. The lowest BCUT2D eigenvalue weighted by molar-refractivity contribution is -0.113. The number of carbonyl (C=O) groups excluding carboxylic acids is 1. The van der Waals surface area contributed by atoms with E-state index >= 15 is 0 Å². The molecule has 1 amide bonds. The quantitative estimate of drug-likeness (QED) is 0.477. The number of benzene rings is 2. The third kappa shape index (κ3) is 5.85. The summed E-state index contributed by atoms with van der Waals surface area (Å²) >= 11 is 9.33. The number of nitrogens with one attached hydrogen (secondary N) is 1. The van der Waals surface area contributed by atoms with Crippen LogP contribution in [0.1, 0.15) is 11.4 Å². The highest BCUT2D eigenvalue weighted by molar-refractivity contribution is 9.10. The van der Waals surface area contributed by atoms with Crippen molar-refractivity contribution in [2.45, 2.75) is 18.1 Å². The molecule has 3 rings (SSSR count). The maximum atomic E-state index is 12.8. The molecule has 2 aromatic carbocycles. The maximum absolute atomic E-state index is 12.8. The van der Waals surface area contributed by atoms with Crippen molar-refractivity contribution in [3.05, 3.63) is 82.1 Å². The van der Waals surface area contributed by atoms with Gasteiger partial charge in [-0.1, -0.05) is 51.8 Å². The van der Waals surface area contributed by atoms with Crippen LogP contribution >= 0.6 is 27.5 Å². The highest BCUT2D eigenvalue weighted by Crippen LogP contribution is 2.17. The number of rotatable bonds is 8. The summed E-state index contributed by atoms with van der Waals surface area (Å²) in [5.41, 5.74) is 1.59. The Labute approximate surface area is 184 Å². The van der Waals surface area contributed by atoms with E-state index in [4.69, 9.17) is 11.6 Å². The lowest BCUT2D eigenvalue weighted by Gasteiger charge is -2.09. The van der Waals surface area contributed by atoms with Crippen molar-refractivity contribution in [2.75, 3.05) is 11.1 Å². The van der Waals surface area contributed by atoms with E-state index in [9.17, 15) is 9.00 Å². The number of halogens is 2. The number of amides is 1. The standard InChI is InChI=1S/C20H18BrClN4O2S/c1-2-10-26-18(11-14-6-8-15(21)9-7-14)24-25-20(26)29(28)13-19(27)23-17-5-3-4-16(22)12-17/h2-9,12H,1,10-11,13H2,(H,23,27)/t29-/m0/s1. The Morgan fingerprint density at radius 3 is 2.69 bits per heavy atom. The van der Waals surface area contributed by atoms with Gasteiger partial charge in [0.2, 0.25) is 11.1 Å². The zero-order valence-corrected chi connectivity index (χ0v) is 18.5. The maximum Gasteiger partial charge on any atom is 0.237 e. The molecule has 9 heteroatoms. The van der Waals surface area contributed by atoms with Gasteiger partial charge in [0.05, 0.1) is 0 Å². The van der Waals surface area contributed by atoms with Gasteiger partial charge in [0.25, 0.3) is 0 Å². The monoisotopic (exact) mass is 492 g/mol. The normalized spacial score (nSPS) is 11.8. The number of carbonyl (C=O) groups is 1. The highest BCUT2D eigenvalue weighted by atomic mass is 79.9. The summed E-state index contributed by atoms with van der Waals surface area (Å²) in [5, 5.41) is 11.7. The predicted molar refractivity (Wildman–Crippen MR) is 119 cm³/mol. The molecule has 1 heterocycles. The van der Waals surface area contributed by atoms with Gasteiger partial charge >= 0.3 is 0 Å². The van der Waals surface area contributed by atoms with Crippen LogP contribution in [-0.4, -0.2) is 30.6 Å². The molecule has 0 unspecified atom stereocenters. The molecular formula is C20H18BrClN4O2S. The first-order valence-electron chi connectivity index (χ1n) is 8.67. The summed E-state index contributed by atoms with van der Waals surface area (Å²) in [6.07, 6.45) is 2.21. The Kier molecular flexibility index (Phi) is 7.35. The van der Waals surface area contributed by atoms with E-state index in [0.717, 1.165) is 10.0 Å². The number of hydrogen-bond acceptors (Lipinski definition) is 4. The average Bonchev–Trinajstić information content (AvgIpc) is 3.06. The molecule has 150 valence electrons. The van der Waals surface area contributed by atoms with Crippen LogP contribution in [0.2, 0.25) is 5.02 Å². The Bertz CT molecular complexity index is 1050. The topological polar surface area (TPSA) is 76.9 Å². The molecule has 1 aromatic heterocycles. The number of allylic oxidation sites excluding steroid dienone is 1. The lowest BCUT2D eigenvalue weighted by Crippen LogP contribution is -2.21. The minimum absolute atomic E-state index is 0.236. The molecular weight excluding hydrogens is 476 g/mol. The largest absolute Gasteiger partial charge is 0.325 e.